The fourth-order valence-corrected chi connectivity index (χ4v) is 3.50. The molecule has 0 aliphatic carbocycles. The van der Waals surface area contributed by atoms with E-state index in [2.05, 4.69) is 9.97 Å². The van der Waals surface area contributed by atoms with Gasteiger partial charge in [0.1, 0.15) is 5.69 Å². The Labute approximate surface area is 129 Å². The van der Waals surface area contributed by atoms with Crippen molar-refractivity contribution < 1.29 is 9.53 Å². The monoisotopic (exact) mass is 297 g/mol. The first-order valence-electron chi connectivity index (χ1n) is 7.91. The van der Waals surface area contributed by atoms with Crippen LogP contribution < -0.4 is 0 Å². The van der Waals surface area contributed by atoms with Gasteiger partial charge in [-0.2, -0.15) is 0 Å². The summed E-state index contributed by atoms with van der Waals surface area (Å²) in [5.41, 5.74) is 1.14. The van der Waals surface area contributed by atoms with Crippen LogP contribution in [0.2, 0.25) is 0 Å². The predicted octanol–water partition coefficient (Wildman–Crippen LogP) is 2.42. The number of hydrogen-bond acceptors (Lipinski definition) is 4. The number of carbonyl (C=O) groups excluding carboxylic acids is 1. The van der Waals surface area contributed by atoms with Crippen LogP contribution >= 0.6 is 0 Å². The highest BCUT2D eigenvalue weighted by molar-refractivity contribution is 5.94. The molecule has 2 fully saturated rings. The van der Waals surface area contributed by atoms with E-state index in [4.69, 9.17) is 4.74 Å². The van der Waals surface area contributed by atoms with Crippen molar-refractivity contribution in [1.29, 1.82) is 0 Å². The molecule has 0 aromatic carbocycles. The lowest BCUT2D eigenvalue weighted by Crippen LogP contribution is -2.46. The Kier molecular flexibility index (Phi) is 3.30. The summed E-state index contributed by atoms with van der Waals surface area (Å²) in [7, 11) is 0. The molecule has 114 valence electrons. The van der Waals surface area contributed by atoms with Gasteiger partial charge >= 0.3 is 0 Å². The predicted molar refractivity (Wildman–Crippen MR) is 82.6 cm³/mol. The third-order valence-corrected chi connectivity index (χ3v) is 4.83. The van der Waals surface area contributed by atoms with Crippen LogP contribution in [0.1, 0.15) is 36.2 Å². The molecule has 1 spiro atoms. The standard InChI is InChI=1S/C17H19N3O2/c21-16(14-5-4-13-3-1-9-18-15(13)19-14)20-10-7-17(8-11-20)6-2-12-22-17/h1,3-5,9H,2,6-8,10-12H2. The van der Waals surface area contributed by atoms with E-state index in [1.165, 1.54) is 0 Å². The van der Waals surface area contributed by atoms with Gasteiger partial charge in [0.2, 0.25) is 0 Å². The molecular weight excluding hydrogens is 278 g/mol. The fourth-order valence-electron chi connectivity index (χ4n) is 3.50. The Bertz CT molecular complexity index is 700. The normalized spacial score (nSPS) is 20.6. The first-order valence-corrected chi connectivity index (χ1v) is 7.91. The highest BCUT2D eigenvalue weighted by Gasteiger charge is 2.39. The third-order valence-electron chi connectivity index (χ3n) is 4.83. The van der Waals surface area contributed by atoms with Crippen LogP contribution in [0, 0.1) is 0 Å². The van der Waals surface area contributed by atoms with Crippen molar-refractivity contribution in [3.05, 3.63) is 36.2 Å². The molecule has 0 radical (unpaired) electrons. The van der Waals surface area contributed by atoms with E-state index in [9.17, 15) is 4.79 Å². The molecule has 22 heavy (non-hydrogen) atoms. The molecule has 0 saturated carbocycles. The van der Waals surface area contributed by atoms with Gasteiger partial charge in [0.25, 0.3) is 5.91 Å². The van der Waals surface area contributed by atoms with Gasteiger partial charge in [-0.05, 0) is 49.9 Å². The summed E-state index contributed by atoms with van der Waals surface area (Å²) in [5, 5.41) is 0.955. The number of piperidine rings is 1. The van der Waals surface area contributed by atoms with E-state index in [0.29, 0.717) is 11.3 Å². The van der Waals surface area contributed by atoms with E-state index >= 15 is 0 Å². The van der Waals surface area contributed by atoms with Gasteiger partial charge in [-0.25, -0.2) is 9.97 Å². The number of fused-ring (bicyclic) bond motifs is 1. The molecule has 0 atom stereocenters. The third kappa shape index (κ3) is 2.35. The lowest BCUT2D eigenvalue weighted by molar-refractivity contribution is -0.0388. The van der Waals surface area contributed by atoms with Gasteiger partial charge in [0.05, 0.1) is 5.60 Å². The van der Waals surface area contributed by atoms with E-state index in [0.717, 1.165) is 50.8 Å². The van der Waals surface area contributed by atoms with Crippen molar-refractivity contribution >= 4 is 16.9 Å². The number of carbonyl (C=O) groups is 1. The largest absolute Gasteiger partial charge is 0.375 e. The average molecular weight is 297 g/mol. The summed E-state index contributed by atoms with van der Waals surface area (Å²) in [6.45, 7) is 2.37. The van der Waals surface area contributed by atoms with Crippen molar-refractivity contribution in [2.24, 2.45) is 0 Å². The molecule has 0 bridgehead atoms. The molecule has 2 aromatic heterocycles. The lowest BCUT2D eigenvalue weighted by Gasteiger charge is -2.38. The number of nitrogens with zero attached hydrogens (tertiary/aromatic N) is 3. The maximum Gasteiger partial charge on any atom is 0.272 e. The molecule has 0 unspecified atom stereocenters. The number of rotatable bonds is 1. The summed E-state index contributed by atoms with van der Waals surface area (Å²) < 4.78 is 5.91. The zero-order valence-corrected chi connectivity index (χ0v) is 12.5. The summed E-state index contributed by atoms with van der Waals surface area (Å²) in [4.78, 5) is 23.2. The van der Waals surface area contributed by atoms with Crippen LogP contribution in [0.4, 0.5) is 0 Å². The summed E-state index contributed by atoms with van der Waals surface area (Å²) in [6.07, 6.45) is 5.85. The quantitative estimate of drug-likeness (QED) is 0.811. The van der Waals surface area contributed by atoms with E-state index in [1.807, 2.05) is 23.1 Å². The number of likely N-dealkylation sites (tertiary alicyclic amines) is 1. The topological polar surface area (TPSA) is 55.3 Å². The lowest BCUT2D eigenvalue weighted by atomic mass is 9.88. The number of aromatic nitrogens is 2. The van der Waals surface area contributed by atoms with Gasteiger partial charge in [-0.15, -0.1) is 0 Å². The Balaban J connectivity index is 1.51. The highest BCUT2D eigenvalue weighted by atomic mass is 16.5. The molecule has 5 nitrogen and oxygen atoms in total. The Morgan fingerprint density at radius 1 is 1.18 bits per heavy atom. The van der Waals surface area contributed by atoms with Crippen molar-refractivity contribution in [3.8, 4) is 0 Å². The van der Waals surface area contributed by atoms with E-state index in [-0.39, 0.29) is 11.5 Å². The first-order chi connectivity index (χ1) is 10.8. The molecule has 2 aliphatic heterocycles. The molecule has 2 aromatic rings. The second-order valence-corrected chi connectivity index (χ2v) is 6.17. The first kappa shape index (κ1) is 13.6. The summed E-state index contributed by atoms with van der Waals surface area (Å²) in [6, 6.07) is 7.53. The molecule has 4 heterocycles. The molecule has 2 saturated heterocycles. The minimum atomic E-state index is 0.000370. The second-order valence-electron chi connectivity index (χ2n) is 6.17. The maximum atomic E-state index is 12.6. The smallest absolute Gasteiger partial charge is 0.272 e. The second kappa shape index (κ2) is 5.32. The number of amides is 1. The van der Waals surface area contributed by atoms with Crippen LogP contribution in [0.5, 0.6) is 0 Å². The molecular formula is C17H19N3O2. The van der Waals surface area contributed by atoms with E-state index in [1.54, 1.807) is 12.3 Å². The number of pyridine rings is 2. The molecule has 0 N–H and O–H groups in total. The van der Waals surface area contributed by atoms with Crippen LogP contribution in [0.25, 0.3) is 11.0 Å². The Morgan fingerprint density at radius 3 is 2.82 bits per heavy atom. The zero-order chi connectivity index (χ0) is 15.0. The summed E-state index contributed by atoms with van der Waals surface area (Å²) in [5.74, 6) is 0.000370. The van der Waals surface area contributed by atoms with Gasteiger partial charge in [-0.1, -0.05) is 0 Å². The minimum absolute atomic E-state index is 0.000370. The van der Waals surface area contributed by atoms with Crippen LogP contribution in [0.3, 0.4) is 0 Å². The van der Waals surface area contributed by atoms with Crippen LogP contribution in [-0.4, -0.2) is 46.1 Å². The Morgan fingerprint density at radius 2 is 2.05 bits per heavy atom. The van der Waals surface area contributed by atoms with Crippen molar-refractivity contribution in [3.63, 3.8) is 0 Å². The van der Waals surface area contributed by atoms with Crippen molar-refractivity contribution in [2.45, 2.75) is 31.3 Å². The highest BCUT2D eigenvalue weighted by Crippen LogP contribution is 2.35. The van der Waals surface area contributed by atoms with Gasteiger partial charge in [0.15, 0.2) is 5.65 Å². The van der Waals surface area contributed by atoms with Crippen LogP contribution in [-0.2, 0) is 4.74 Å². The van der Waals surface area contributed by atoms with Crippen molar-refractivity contribution in [1.82, 2.24) is 14.9 Å². The zero-order valence-electron chi connectivity index (χ0n) is 12.5. The van der Waals surface area contributed by atoms with Gasteiger partial charge < -0.3 is 9.64 Å². The van der Waals surface area contributed by atoms with Gasteiger partial charge in [-0.3, -0.25) is 4.79 Å². The maximum absolute atomic E-state index is 12.6. The SMILES string of the molecule is O=C(c1ccc2cccnc2n1)N1CCC2(CCCO2)CC1. The summed E-state index contributed by atoms with van der Waals surface area (Å²) >= 11 is 0. The molecule has 1 amide bonds. The molecule has 5 heteroatoms. The Hall–Kier alpha value is -2.01. The molecule has 4 rings (SSSR count). The minimum Gasteiger partial charge on any atom is -0.375 e. The van der Waals surface area contributed by atoms with Crippen molar-refractivity contribution in [2.75, 3.05) is 19.7 Å². The number of ether oxygens (including phenoxy) is 1. The van der Waals surface area contributed by atoms with E-state index < -0.39 is 0 Å². The molecule has 2 aliphatic rings. The van der Waals surface area contributed by atoms with Crippen LogP contribution in [0.15, 0.2) is 30.5 Å². The average Bonchev–Trinajstić information content (AvgIpc) is 3.02. The fraction of sp³-hybridized carbons (Fsp3) is 0.471. The van der Waals surface area contributed by atoms with Gasteiger partial charge in [0, 0.05) is 31.3 Å². The number of hydrogen-bond donors (Lipinski definition) is 0.